The Morgan fingerprint density at radius 2 is 1.67 bits per heavy atom. The van der Waals surface area contributed by atoms with E-state index < -0.39 is 16.9 Å². The van der Waals surface area contributed by atoms with E-state index in [9.17, 15) is 14.4 Å². The van der Waals surface area contributed by atoms with Gasteiger partial charge in [0.25, 0.3) is 11.1 Å². The molecule has 1 N–H and O–H groups in total. The van der Waals surface area contributed by atoms with E-state index >= 15 is 0 Å². The summed E-state index contributed by atoms with van der Waals surface area (Å²) in [6, 6.07) is 15.4. The van der Waals surface area contributed by atoms with Crippen LogP contribution in [0.5, 0.6) is 0 Å². The number of nitrogens with zero attached hydrogens (tertiary/aromatic N) is 6. The number of hydrogen-bond acceptors (Lipinski definition) is 6. The Hall–Kier alpha value is -4.46. The molecule has 0 unspecified atom stereocenters. The number of halogens is 2. The van der Waals surface area contributed by atoms with E-state index in [1.165, 1.54) is 22.9 Å². The second-order valence-electron chi connectivity index (χ2n) is 7.96. The van der Waals surface area contributed by atoms with Crippen LogP contribution in [0.1, 0.15) is 16.8 Å². The quantitative estimate of drug-likeness (QED) is 0.388. The first kappa shape index (κ1) is 23.3. The maximum Gasteiger partial charge on any atom is 0.349 e. The molecule has 0 atom stereocenters. The zero-order valence-electron chi connectivity index (χ0n) is 18.6. The SMILES string of the molecule is Cc1ccc(Cn2c(=O)ccc3c2cnn3-c2c(Cl)cc(-n3nc(C#N)c(=O)[nH]c3=O)cc2Cl)cc1. The molecule has 3 aromatic heterocycles. The van der Waals surface area contributed by atoms with Gasteiger partial charge < -0.3 is 4.57 Å². The fourth-order valence-electron chi connectivity index (χ4n) is 3.81. The van der Waals surface area contributed by atoms with E-state index in [0.29, 0.717) is 23.3 Å². The molecule has 178 valence electrons. The normalized spacial score (nSPS) is 11.1. The standard InChI is InChI=1S/C24H15Cl2N7O3/c1-13-2-4-14(5-3-13)12-31-20-11-28-33(19(20)6-7-21(31)34)22-16(25)8-15(9-17(22)26)32-24(36)29-23(35)18(10-27)30-32/h2-9,11H,12H2,1H3,(H,29,35,36). The lowest BCUT2D eigenvalue weighted by atomic mass is 10.1. The smallest absolute Gasteiger partial charge is 0.301 e. The van der Waals surface area contributed by atoms with Crippen molar-refractivity contribution in [2.24, 2.45) is 0 Å². The lowest BCUT2D eigenvalue weighted by Gasteiger charge is -2.13. The number of aryl methyl sites for hydroxylation is 1. The Bertz CT molecular complexity index is 1850. The number of aromatic amines is 1. The summed E-state index contributed by atoms with van der Waals surface area (Å²) < 4.78 is 3.92. The van der Waals surface area contributed by atoms with Crippen LogP contribution in [-0.4, -0.2) is 29.1 Å². The van der Waals surface area contributed by atoms with Crippen molar-refractivity contribution in [1.82, 2.24) is 29.1 Å². The number of pyridine rings is 1. The molecule has 3 heterocycles. The van der Waals surface area contributed by atoms with Crippen LogP contribution in [-0.2, 0) is 6.54 Å². The Morgan fingerprint density at radius 1 is 0.972 bits per heavy atom. The fraction of sp³-hybridized carbons (Fsp3) is 0.0833. The first-order chi connectivity index (χ1) is 17.3. The molecule has 0 saturated carbocycles. The van der Waals surface area contributed by atoms with E-state index in [0.717, 1.165) is 15.8 Å². The summed E-state index contributed by atoms with van der Waals surface area (Å²) in [5.41, 5.74) is 1.26. The van der Waals surface area contributed by atoms with Crippen molar-refractivity contribution in [3.8, 4) is 17.4 Å². The molecule has 0 spiro atoms. The van der Waals surface area contributed by atoms with Crippen molar-refractivity contribution in [3.05, 3.63) is 113 Å². The van der Waals surface area contributed by atoms with Crippen molar-refractivity contribution in [3.63, 3.8) is 0 Å². The molecule has 0 saturated heterocycles. The predicted molar refractivity (Wildman–Crippen MR) is 134 cm³/mol. The molecule has 0 aliphatic heterocycles. The number of nitriles is 1. The summed E-state index contributed by atoms with van der Waals surface area (Å²) >= 11 is 13.1. The van der Waals surface area contributed by atoms with Crippen molar-refractivity contribution in [1.29, 1.82) is 5.26 Å². The topological polar surface area (TPSA) is 131 Å². The zero-order chi connectivity index (χ0) is 25.6. The van der Waals surface area contributed by atoms with Gasteiger partial charge >= 0.3 is 5.69 Å². The molecule has 0 radical (unpaired) electrons. The van der Waals surface area contributed by atoms with Gasteiger partial charge in [-0.1, -0.05) is 53.0 Å². The molecular formula is C24H15Cl2N7O3. The van der Waals surface area contributed by atoms with Crippen molar-refractivity contribution in [2.45, 2.75) is 13.5 Å². The lowest BCUT2D eigenvalue weighted by Crippen LogP contribution is -2.33. The van der Waals surface area contributed by atoms with E-state index in [2.05, 4.69) is 10.2 Å². The van der Waals surface area contributed by atoms with Crippen LogP contribution in [0.25, 0.3) is 22.4 Å². The minimum Gasteiger partial charge on any atom is -0.301 e. The van der Waals surface area contributed by atoms with Gasteiger partial charge in [-0.2, -0.15) is 15.0 Å². The highest BCUT2D eigenvalue weighted by Crippen LogP contribution is 2.33. The number of H-pyrrole nitrogens is 1. The number of aromatic nitrogens is 6. The Morgan fingerprint density at radius 3 is 2.33 bits per heavy atom. The average Bonchev–Trinajstić information content (AvgIpc) is 3.25. The van der Waals surface area contributed by atoms with Gasteiger partial charge in [0.1, 0.15) is 11.8 Å². The molecular weight excluding hydrogens is 505 g/mol. The number of hydrogen-bond donors (Lipinski definition) is 1. The zero-order valence-corrected chi connectivity index (χ0v) is 20.1. The molecule has 2 aromatic carbocycles. The maximum absolute atomic E-state index is 12.7. The first-order valence-corrected chi connectivity index (χ1v) is 11.3. The predicted octanol–water partition coefficient (Wildman–Crippen LogP) is 2.96. The van der Waals surface area contributed by atoms with Crippen LogP contribution in [0.2, 0.25) is 10.0 Å². The maximum atomic E-state index is 12.7. The number of rotatable bonds is 4. The van der Waals surface area contributed by atoms with Gasteiger partial charge in [-0.3, -0.25) is 14.6 Å². The third kappa shape index (κ3) is 4.00. The van der Waals surface area contributed by atoms with Gasteiger partial charge in [0, 0.05) is 6.07 Å². The van der Waals surface area contributed by atoms with Crippen molar-refractivity contribution < 1.29 is 0 Å². The van der Waals surface area contributed by atoms with Gasteiger partial charge in [0.15, 0.2) is 0 Å². The molecule has 5 rings (SSSR count). The number of fused-ring (bicyclic) bond motifs is 1. The van der Waals surface area contributed by atoms with E-state index in [1.54, 1.807) is 22.9 Å². The van der Waals surface area contributed by atoms with E-state index in [-0.39, 0.29) is 21.3 Å². The summed E-state index contributed by atoms with van der Waals surface area (Å²) in [7, 11) is 0. The molecule has 36 heavy (non-hydrogen) atoms. The van der Waals surface area contributed by atoms with Crippen LogP contribution in [0.15, 0.2) is 69.1 Å². The third-order valence-electron chi connectivity index (χ3n) is 5.58. The Labute approximate surface area is 212 Å². The minimum atomic E-state index is -0.896. The van der Waals surface area contributed by atoms with Gasteiger partial charge in [-0.25, -0.2) is 9.48 Å². The minimum absolute atomic E-state index is 0.122. The highest BCUT2D eigenvalue weighted by molar-refractivity contribution is 6.38. The average molecular weight is 520 g/mol. The summed E-state index contributed by atoms with van der Waals surface area (Å²) in [4.78, 5) is 38.6. The van der Waals surface area contributed by atoms with Crippen molar-refractivity contribution in [2.75, 3.05) is 0 Å². The van der Waals surface area contributed by atoms with Gasteiger partial charge in [0.05, 0.1) is 39.5 Å². The van der Waals surface area contributed by atoms with Crippen LogP contribution >= 0.6 is 23.2 Å². The highest BCUT2D eigenvalue weighted by Gasteiger charge is 2.18. The molecule has 5 aromatic rings. The lowest BCUT2D eigenvalue weighted by molar-refractivity contribution is 0.740. The monoisotopic (exact) mass is 519 g/mol. The largest absolute Gasteiger partial charge is 0.349 e. The summed E-state index contributed by atoms with van der Waals surface area (Å²) in [6.07, 6.45) is 1.55. The Kier molecular flexibility index (Phi) is 5.80. The summed E-state index contributed by atoms with van der Waals surface area (Å²) in [5, 5.41) is 17.5. The Balaban J connectivity index is 1.63. The second kappa shape index (κ2) is 8.96. The van der Waals surface area contributed by atoms with Crippen molar-refractivity contribution >= 4 is 34.2 Å². The molecule has 0 amide bonds. The van der Waals surface area contributed by atoms with Crippen LogP contribution < -0.4 is 16.8 Å². The van der Waals surface area contributed by atoms with Crippen LogP contribution in [0, 0.1) is 18.3 Å². The second-order valence-corrected chi connectivity index (χ2v) is 8.77. The number of benzene rings is 2. The van der Waals surface area contributed by atoms with Gasteiger partial charge in [-0.15, -0.1) is 5.10 Å². The summed E-state index contributed by atoms with van der Waals surface area (Å²) in [6.45, 7) is 2.34. The molecule has 0 aliphatic carbocycles. The molecule has 0 bridgehead atoms. The molecule has 0 aliphatic rings. The van der Waals surface area contributed by atoms with E-state index in [4.69, 9.17) is 28.5 Å². The number of nitrogens with one attached hydrogen (secondary N) is 1. The van der Waals surface area contributed by atoms with Gasteiger partial charge in [0.2, 0.25) is 5.69 Å². The highest BCUT2D eigenvalue weighted by atomic mass is 35.5. The molecule has 10 nitrogen and oxygen atoms in total. The van der Waals surface area contributed by atoms with Crippen LogP contribution in [0.3, 0.4) is 0 Å². The molecule has 12 heteroatoms. The van der Waals surface area contributed by atoms with Crippen LogP contribution in [0.4, 0.5) is 0 Å². The fourth-order valence-corrected chi connectivity index (χ4v) is 4.45. The first-order valence-electron chi connectivity index (χ1n) is 10.5. The van der Waals surface area contributed by atoms with E-state index in [1.807, 2.05) is 36.2 Å². The molecule has 0 fully saturated rings. The summed E-state index contributed by atoms with van der Waals surface area (Å²) in [5.74, 6) is 0. The van der Waals surface area contributed by atoms with Gasteiger partial charge in [-0.05, 0) is 30.7 Å². The third-order valence-corrected chi connectivity index (χ3v) is 6.16.